The fourth-order valence-electron chi connectivity index (χ4n) is 2.16. The highest BCUT2D eigenvalue weighted by atomic mass is 15.1. The van der Waals surface area contributed by atoms with Crippen molar-refractivity contribution in [1.29, 1.82) is 0 Å². The summed E-state index contributed by atoms with van der Waals surface area (Å²) in [6, 6.07) is 0.571. The summed E-state index contributed by atoms with van der Waals surface area (Å²) < 4.78 is 0. The molecule has 0 aromatic carbocycles. The second-order valence-electron chi connectivity index (χ2n) is 6.25. The molecular formula is C14H32N2. The predicted molar refractivity (Wildman–Crippen MR) is 73.9 cm³/mol. The normalized spacial score (nSPS) is 14.8. The molecule has 1 atom stereocenters. The molecule has 0 heterocycles. The molecule has 0 aromatic rings. The highest BCUT2D eigenvalue weighted by Gasteiger charge is 2.26. The third kappa shape index (κ3) is 6.49. The molecule has 0 spiro atoms. The van der Waals surface area contributed by atoms with E-state index in [1.54, 1.807) is 0 Å². The van der Waals surface area contributed by atoms with Crippen LogP contribution in [-0.2, 0) is 0 Å². The molecule has 0 fully saturated rings. The topological polar surface area (TPSA) is 15.3 Å². The van der Waals surface area contributed by atoms with Crippen LogP contribution >= 0.6 is 0 Å². The van der Waals surface area contributed by atoms with Gasteiger partial charge in [0.15, 0.2) is 0 Å². The Morgan fingerprint density at radius 2 is 1.75 bits per heavy atom. The van der Waals surface area contributed by atoms with Gasteiger partial charge in [-0.15, -0.1) is 0 Å². The van der Waals surface area contributed by atoms with E-state index in [1.165, 1.54) is 13.0 Å². The minimum Gasteiger partial charge on any atom is -0.314 e. The zero-order chi connectivity index (χ0) is 12.8. The van der Waals surface area contributed by atoms with Crippen molar-refractivity contribution in [3.8, 4) is 0 Å². The summed E-state index contributed by atoms with van der Waals surface area (Å²) in [4.78, 5) is 2.45. The Morgan fingerprint density at radius 1 is 1.19 bits per heavy atom. The van der Waals surface area contributed by atoms with Gasteiger partial charge in [-0.2, -0.15) is 0 Å². The lowest BCUT2D eigenvalue weighted by Gasteiger charge is -2.36. The van der Waals surface area contributed by atoms with Gasteiger partial charge in [-0.3, -0.25) is 0 Å². The molecule has 0 radical (unpaired) electrons. The average Bonchev–Trinajstić information content (AvgIpc) is 2.11. The van der Waals surface area contributed by atoms with Crippen molar-refractivity contribution >= 4 is 0 Å². The second kappa shape index (κ2) is 7.29. The molecule has 0 aliphatic rings. The van der Waals surface area contributed by atoms with Crippen LogP contribution in [0.3, 0.4) is 0 Å². The maximum atomic E-state index is 3.60. The molecule has 0 saturated heterocycles. The smallest absolute Gasteiger partial charge is 0.0102 e. The van der Waals surface area contributed by atoms with Crippen LogP contribution < -0.4 is 5.32 Å². The summed E-state index contributed by atoms with van der Waals surface area (Å²) in [5, 5.41) is 3.60. The van der Waals surface area contributed by atoms with Gasteiger partial charge in [0.2, 0.25) is 0 Å². The second-order valence-corrected chi connectivity index (χ2v) is 6.25. The molecule has 0 aliphatic carbocycles. The van der Waals surface area contributed by atoms with Gasteiger partial charge in [-0.25, -0.2) is 0 Å². The molecule has 0 bridgehead atoms. The monoisotopic (exact) mass is 228 g/mol. The number of hydrogen-bond donors (Lipinski definition) is 1. The van der Waals surface area contributed by atoms with Crippen LogP contribution in [0.15, 0.2) is 0 Å². The Labute approximate surface area is 103 Å². The summed E-state index contributed by atoms with van der Waals surface area (Å²) in [7, 11) is 2.23. The molecule has 0 amide bonds. The van der Waals surface area contributed by atoms with Crippen LogP contribution in [0.25, 0.3) is 0 Å². The van der Waals surface area contributed by atoms with Crippen molar-refractivity contribution in [3.05, 3.63) is 0 Å². The lowest BCUT2D eigenvalue weighted by atomic mass is 9.84. The Balaban J connectivity index is 4.10. The first-order chi connectivity index (χ1) is 7.29. The highest BCUT2D eigenvalue weighted by Crippen LogP contribution is 2.22. The third-order valence-corrected chi connectivity index (χ3v) is 3.23. The SMILES string of the molecule is CCCNC(C)C(C)(C)CN(C)CC(C)C. The first-order valence-corrected chi connectivity index (χ1v) is 6.71. The number of nitrogens with zero attached hydrogens (tertiary/aromatic N) is 1. The van der Waals surface area contributed by atoms with Crippen molar-refractivity contribution in [1.82, 2.24) is 10.2 Å². The summed E-state index contributed by atoms with van der Waals surface area (Å²) in [6.45, 7) is 17.3. The van der Waals surface area contributed by atoms with Gasteiger partial charge in [0.05, 0.1) is 0 Å². The lowest BCUT2D eigenvalue weighted by molar-refractivity contribution is 0.154. The van der Waals surface area contributed by atoms with Crippen molar-refractivity contribution in [2.45, 2.75) is 54.0 Å². The molecule has 98 valence electrons. The first kappa shape index (κ1) is 15.9. The molecule has 1 unspecified atom stereocenters. The standard InChI is InChI=1S/C14H32N2/c1-8-9-15-13(4)14(5,6)11-16(7)10-12(2)3/h12-13,15H,8-11H2,1-7H3. The third-order valence-electron chi connectivity index (χ3n) is 3.23. The van der Waals surface area contributed by atoms with Crippen LogP contribution in [0.5, 0.6) is 0 Å². The van der Waals surface area contributed by atoms with E-state index in [1.807, 2.05) is 0 Å². The van der Waals surface area contributed by atoms with E-state index < -0.39 is 0 Å². The molecular weight excluding hydrogens is 196 g/mol. The van der Waals surface area contributed by atoms with E-state index in [9.17, 15) is 0 Å². The van der Waals surface area contributed by atoms with E-state index in [-0.39, 0.29) is 0 Å². The maximum absolute atomic E-state index is 3.60. The van der Waals surface area contributed by atoms with Crippen LogP contribution in [0.2, 0.25) is 0 Å². The summed E-state index contributed by atoms with van der Waals surface area (Å²) in [6.07, 6.45) is 1.21. The molecule has 16 heavy (non-hydrogen) atoms. The zero-order valence-corrected chi connectivity index (χ0v) is 12.4. The molecule has 2 heteroatoms. The molecule has 0 rings (SSSR count). The van der Waals surface area contributed by atoms with Gasteiger partial charge in [0.25, 0.3) is 0 Å². The van der Waals surface area contributed by atoms with Crippen LogP contribution in [-0.4, -0.2) is 37.6 Å². The Bertz CT molecular complexity index is 176. The minimum atomic E-state index is 0.332. The quantitative estimate of drug-likeness (QED) is 0.687. The van der Waals surface area contributed by atoms with Crippen molar-refractivity contribution in [2.24, 2.45) is 11.3 Å². The van der Waals surface area contributed by atoms with Crippen LogP contribution in [0.4, 0.5) is 0 Å². The van der Waals surface area contributed by atoms with Gasteiger partial charge < -0.3 is 10.2 Å². The van der Waals surface area contributed by atoms with E-state index in [2.05, 4.69) is 58.8 Å². The van der Waals surface area contributed by atoms with Gasteiger partial charge >= 0.3 is 0 Å². The number of hydrogen-bond acceptors (Lipinski definition) is 2. The summed E-state index contributed by atoms with van der Waals surface area (Å²) >= 11 is 0. The number of nitrogens with one attached hydrogen (secondary N) is 1. The molecule has 0 aliphatic heterocycles. The van der Waals surface area contributed by atoms with Crippen molar-refractivity contribution in [2.75, 3.05) is 26.7 Å². The van der Waals surface area contributed by atoms with Gasteiger partial charge in [-0.1, -0.05) is 34.6 Å². The Morgan fingerprint density at radius 3 is 2.19 bits per heavy atom. The summed E-state index contributed by atoms with van der Waals surface area (Å²) in [5.41, 5.74) is 0.332. The number of rotatable bonds is 8. The van der Waals surface area contributed by atoms with Crippen molar-refractivity contribution in [3.63, 3.8) is 0 Å². The first-order valence-electron chi connectivity index (χ1n) is 6.71. The zero-order valence-electron chi connectivity index (χ0n) is 12.4. The fraction of sp³-hybridized carbons (Fsp3) is 1.00. The van der Waals surface area contributed by atoms with E-state index >= 15 is 0 Å². The maximum Gasteiger partial charge on any atom is 0.0102 e. The molecule has 0 saturated carbocycles. The Kier molecular flexibility index (Phi) is 7.25. The molecule has 1 N–H and O–H groups in total. The minimum absolute atomic E-state index is 0.332. The van der Waals surface area contributed by atoms with Crippen molar-refractivity contribution < 1.29 is 0 Å². The van der Waals surface area contributed by atoms with E-state index in [0.29, 0.717) is 11.5 Å². The average molecular weight is 228 g/mol. The van der Waals surface area contributed by atoms with E-state index in [0.717, 1.165) is 19.0 Å². The largest absolute Gasteiger partial charge is 0.314 e. The van der Waals surface area contributed by atoms with Crippen LogP contribution in [0.1, 0.15) is 48.0 Å². The van der Waals surface area contributed by atoms with Gasteiger partial charge in [-0.05, 0) is 38.3 Å². The lowest BCUT2D eigenvalue weighted by Crippen LogP contribution is -2.46. The molecule has 0 aromatic heterocycles. The van der Waals surface area contributed by atoms with Crippen LogP contribution in [0, 0.1) is 11.3 Å². The Hall–Kier alpha value is -0.0800. The van der Waals surface area contributed by atoms with E-state index in [4.69, 9.17) is 0 Å². The van der Waals surface area contributed by atoms with Gasteiger partial charge in [0, 0.05) is 19.1 Å². The highest BCUT2D eigenvalue weighted by molar-refractivity contribution is 4.83. The molecule has 2 nitrogen and oxygen atoms in total. The summed E-state index contributed by atoms with van der Waals surface area (Å²) in [5.74, 6) is 0.750. The predicted octanol–water partition coefficient (Wildman–Crippen LogP) is 2.99. The fourth-order valence-corrected chi connectivity index (χ4v) is 2.16. The van der Waals surface area contributed by atoms with Gasteiger partial charge in [0.1, 0.15) is 0 Å².